The fourth-order valence-corrected chi connectivity index (χ4v) is 4.09. The van der Waals surface area contributed by atoms with Gasteiger partial charge in [0.2, 0.25) is 0 Å². The molecule has 4 rings (SSSR count). The van der Waals surface area contributed by atoms with Gasteiger partial charge in [-0.2, -0.15) is 4.68 Å². The van der Waals surface area contributed by atoms with Gasteiger partial charge in [-0.25, -0.2) is 0 Å². The van der Waals surface area contributed by atoms with Gasteiger partial charge in [-0.05, 0) is 70.4 Å². The number of nitrogens with one attached hydrogen (secondary N) is 1. The van der Waals surface area contributed by atoms with Gasteiger partial charge in [0, 0.05) is 15.5 Å². The van der Waals surface area contributed by atoms with Crippen molar-refractivity contribution in [2.75, 3.05) is 12.4 Å². The lowest BCUT2D eigenvalue weighted by Crippen LogP contribution is -2.13. The molecule has 0 bridgehead atoms. The fourth-order valence-electron chi connectivity index (χ4n) is 2.50. The first kappa shape index (κ1) is 18.2. The lowest BCUT2D eigenvalue weighted by molar-refractivity contribution is 0.103. The third kappa shape index (κ3) is 4.05. The Morgan fingerprint density at radius 1 is 1.07 bits per heavy atom. The lowest BCUT2D eigenvalue weighted by atomic mass is 10.3. The first-order valence-electron chi connectivity index (χ1n) is 8.27. The summed E-state index contributed by atoms with van der Waals surface area (Å²) in [4.78, 5) is 15.4. The summed E-state index contributed by atoms with van der Waals surface area (Å²) in [6.45, 7) is 0. The Morgan fingerprint density at radius 2 is 1.79 bits per heavy atom. The van der Waals surface area contributed by atoms with Crippen molar-refractivity contribution in [1.82, 2.24) is 20.2 Å². The van der Waals surface area contributed by atoms with Crippen LogP contribution in [0, 0.1) is 0 Å². The highest BCUT2D eigenvalue weighted by Crippen LogP contribution is 2.30. The second-order valence-electron chi connectivity index (χ2n) is 5.65. The Kier molecular flexibility index (Phi) is 5.36. The van der Waals surface area contributed by atoms with Crippen molar-refractivity contribution in [3.05, 3.63) is 71.2 Å². The number of aromatic nitrogens is 4. The van der Waals surface area contributed by atoms with E-state index in [0.717, 1.165) is 21.2 Å². The van der Waals surface area contributed by atoms with E-state index in [1.807, 2.05) is 60.0 Å². The second kappa shape index (κ2) is 8.24. The van der Waals surface area contributed by atoms with Crippen LogP contribution >= 0.6 is 23.1 Å². The average Bonchev–Trinajstić information content (AvgIpc) is 3.41. The number of benzene rings is 2. The third-order valence-electron chi connectivity index (χ3n) is 3.85. The molecule has 0 aliphatic carbocycles. The summed E-state index contributed by atoms with van der Waals surface area (Å²) in [6.07, 6.45) is 1.46. The van der Waals surface area contributed by atoms with E-state index in [1.54, 1.807) is 18.9 Å². The number of carbonyl (C=O) groups excluding carboxylic acids is 1. The summed E-state index contributed by atoms with van der Waals surface area (Å²) >= 11 is 2.98. The van der Waals surface area contributed by atoms with Crippen molar-refractivity contribution in [3.8, 4) is 11.4 Å². The first-order chi connectivity index (χ1) is 13.7. The molecule has 0 fully saturated rings. The predicted molar refractivity (Wildman–Crippen MR) is 109 cm³/mol. The lowest BCUT2D eigenvalue weighted by Gasteiger charge is -2.07. The van der Waals surface area contributed by atoms with Gasteiger partial charge in [-0.15, -0.1) is 16.4 Å². The van der Waals surface area contributed by atoms with Crippen LogP contribution in [0.3, 0.4) is 0 Å². The van der Waals surface area contributed by atoms with E-state index in [0.29, 0.717) is 10.6 Å². The van der Waals surface area contributed by atoms with E-state index < -0.39 is 0 Å². The average molecular weight is 409 g/mol. The second-order valence-corrected chi connectivity index (χ2v) is 7.71. The summed E-state index contributed by atoms with van der Waals surface area (Å²) in [5, 5.41) is 15.8. The quantitative estimate of drug-likeness (QED) is 0.515. The highest BCUT2D eigenvalue weighted by molar-refractivity contribution is 7.99. The van der Waals surface area contributed by atoms with Crippen molar-refractivity contribution in [3.63, 3.8) is 0 Å². The normalized spacial score (nSPS) is 10.6. The van der Waals surface area contributed by atoms with Crippen LogP contribution in [-0.2, 0) is 0 Å². The summed E-state index contributed by atoms with van der Waals surface area (Å²) < 4.78 is 6.65. The van der Waals surface area contributed by atoms with Crippen molar-refractivity contribution >= 4 is 34.7 Å². The molecule has 0 spiro atoms. The highest BCUT2D eigenvalue weighted by Gasteiger charge is 2.15. The number of thiophene rings is 1. The number of tetrazole rings is 1. The van der Waals surface area contributed by atoms with Crippen molar-refractivity contribution < 1.29 is 9.53 Å². The number of hydrogen-bond donors (Lipinski definition) is 1. The first-order valence-corrected chi connectivity index (χ1v) is 9.97. The number of hydrogen-bond acceptors (Lipinski definition) is 7. The zero-order valence-corrected chi connectivity index (χ0v) is 16.4. The molecule has 0 unspecified atom stereocenters. The molecule has 0 aliphatic heterocycles. The van der Waals surface area contributed by atoms with Gasteiger partial charge in [-0.3, -0.25) is 4.79 Å². The van der Waals surface area contributed by atoms with Crippen molar-refractivity contribution in [2.24, 2.45) is 0 Å². The number of anilines is 1. The van der Waals surface area contributed by atoms with Gasteiger partial charge >= 0.3 is 0 Å². The van der Waals surface area contributed by atoms with Crippen molar-refractivity contribution in [1.29, 1.82) is 0 Å². The molecule has 4 aromatic rings. The monoisotopic (exact) mass is 409 g/mol. The highest BCUT2D eigenvalue weighted by atomic mass is 32.2. The van der Waals surface area contributed by atoms with E-state index in [-0.39, 0.29) is 5.91 Å². The number of carbonyl (C=O) groups is 1. The molecule has 0 saturated carbocycles. The molecule has 7 nitrogen and oxygen atoms in total. The Bertz CT molecular complexity index is 1060. The SMILES string of the molecule is COc1ccc(Sc2ccc(NC(=O)c3sccc3-n3cnnn3)cc2)cc1. The van der Waals surface area contributed by atoms with Gasteiger partial charge in [0.25, 0.3) is 5.91 Å². The molecule has 2 aromatic carbocycles. The van der Waals surface area contributed by atoms with Crippen LogP contribution in [0.2, 0.25) is 0 Å². The van der Waals surface area contributed by atoms with Crippen LogP contribution in [0.5, 0.6) is 5.75 Å². The Morgan fingerprint density at radius 3 is 2.43 bits per heavy atom. The molecule has 1 N–H and O–H groups in total. The van der Waals surface area contributed by atoms with Gasteiger partial charge in [0.1, 0.15) is 17.0 Å². The number of rotatable bonds is 6. The van der Waals surface area contributed by atoms with E-state index >= 15 is 0 Å². The summed E-state index contributed by atoms with van der Waals surface area (Å²) in [7, 11) is 1.65. The Balaban J connectivity index is 1.43. The molecule has 9 heteroatoms. The molecule has 28 heavy (non-hydrogen) atoms. The minimum absolute atomic E-state index is 0.198. The smallest absolute Gasteiger partial charge is 0.267 e. The zero-order valence-electron chi connectivity index (χ0n) is 14.8. The zero-order chi connectivity index (χ0) is 19.3. The van der Waals surface area contributed by atoms with Crippen LogP contribution in [-0.4, -0.2) is 33.2 Å². The fraction of sp³-hybridized carbons (Fsp3) is 0.0526. The molecular weight excluding hydrogens is 394 g/mol. The number of nitrogens with zero attached hydrogens (tertiary/aromatic N) is 4. The standard InChI is InChI=1S/C19H15N5O2S2/c1-26-14-4-8-16(9-5-14)28-15-6-2-13(3-7-15)21-19(25)18-17(10-11-27-18)24-12-20-22-23-24/h2-12H,1H3,(H,21,25). The summed E-state index contributed by atoms with van der Waals surface area (Å²) in [5.74, 6) is 0.632. The molecule has 0 atom stereocenters. The van der Waals surface area contributed by atoms with Crippen LogP contribution in [0.1, 0.15) is 9.67 Å². The number of ether oxygens (including phenoxy) is 1. The predicted octanol–water partition coefficient (Wildman–Crippen LogP) is 4.14. The number of amides is 1. The molecule has 140 valence electrons. The topological polar surface area (TPSA) is 81.9 Å². The molecule has 1 amide bonds. The minimum Gasteiger partial charge on any atom is -0.497 e. The van der Waals surface area contributed by atoms with E-state index in [1.165, 1.54) is 22.3 Å². The van der Waals surface area contributed by atoms with E-state index in [9.17, 15) is 4.79 Å². The van der Waals surface area contributed by atoms with Crippen LogP contribution in [0.15, 0.2) is 76.1 Å². The van der Waals surface area contributed by atoms with Gasteiger partial charge < -0.3 is 10.1 Å². The van der Waals surface area contributed by atoms with Crippen LogP contribution < -0.4 is 10.1 Å². The third-order valence-corrected chi connectivity index (χ3v) is 5.77. The molecule has 0 saturated heterocycles. The van der Waals surface area contributed by atoms with E-state index in [2.05, 4.69) is 20.8 Å². The molecule has 2 heterocycles. The summed E-state index contributed by atoms with van der Waals surface area (Å²) in [5.41, 5.74) is 1.37. The maximum absolute atomic E-state index is 12.6. The van der Waals surface area contributed by atoms with Gasteiger partial charge in [0.15, 0.2) is 0 Å². The number of methoxy groups -OCH3 is 1. The molecular formula is C19H15N5O2S2. The van der Waals surface area contributed by atoms with Crippen LogP contribution in [0.4, 0.5) is 5.69 Å². The minimum atomic E-state index is -0.198. The van der Waals surface area contributed by atoms with Gasteiger partial charge in [-0.1, -0.05) is 11.8 Å². The van der Waals surface area contributed by atoms with Crippen molar-refractivity contribution in [2.45, 2.75) is 9.79 Å². The Hall–Kier alpha value is -3.17. The summed E-state index contributed by atoms with van der Waals surface area (Å²) in [6, 6.07) is 17.4. The molecule has 0 aliphatic rings. The molecule has 2 aromatic heterocycles. The maximum Gasteiger partial charge on any atom is 0.267 e. The largest absolute Gasteiger partial charge is 0.497 e. The maximum atomic E-state index is 12.6. The van der Waals surface area contributed by atoms with E-state index in [4.69, 9.17) is 4.74 Å². The molecule has 0 radical (unpaired) electrons. The van der Waals surface area contributed by atoms with Gasteiger partial charge in [0.05, 0.1) is 12.8 Å². The van der Waals surface area contributed by atoms with Crippen LogP contribution in [0.25, 0.3) is 5.69 Å². The Labute approximate surface area is 169 Å².